The fourth-order valence-electron chi connectivity index (χ4n) is 9.56. The van der Waals surface area contributed by atoms with Gasteiger partial charge < -0.3 is 19.1 Å². The molecule has 0 unspecified atom stereocenters. The van der Waals surface area contributed by atoms with E-state index in [9.17, 15) is 0 Å². The number of nitrogens with zero attached hydrogens (tertiary/aromatic N) is 4. The van der Waals surface area contributed by atoms with Crippen LogP contribution < -0.4 is 14.5 Å². The second-order valence-electron chi connectivity index (χ2n) is 21.6. The van der Waals surface area contributed by atoms with E-state index in [1.807, 2.05) is 12.3 Å². The van der Waals surface area contributed by atoms with Gasteiger partial charge in [-0.1, -0.05) is 190 Å². The van der Waals surface area contributed by atoms with Gasteiger partial charge in [-0.15, -0.1) is 53.6 Å². The summed E-state index contributed by atoms with van der Waals surface area (Å²) in [5, 5.41) is 2.25. The second kappa shape index (κ2) is 18.6. The van der Waals surface area contributed by atoms with Crippen molar-refractivity contribution >= 4 is 38.9 Å². The quantitative estimate of drug-likeness (QED) is 0.128. The third-order valence-corrected chi connectivity index (χ3v) is 14.1. The SMILES string of the molecule is CC(C)(C)c1ccnc(-n2c3[c-]c(Oc4[c-]c(N5C=C(c6ccccc6)N(c6cccc(C(C)(C)c7ccccc7)c6)[CH-]5)cc(C(C)(C)c5ccccc5)c4)ccc3c3cc(C(C)(C)C)ccc32)c1.[Pt]. The van der Waals surface area contributed by atoms with Crippen molar-refractivity contribution in [3.63, 3.8) is 0 Å². The number of fused-ring (bicyclic) bond motifs is 3. The maximum absolute atomic E-state index is 7.00. The molecule has 1 aliphatic heterocycles. The summed E-state index contributed by atoms with van der Waals surface area (Å²) in [6, 6.07) is 68.2. The molecule has 9 aromatic rings. The number of ether oxygens (including phenoxy) is 1. The molecule has 1 aliphatic rings. The Labute approximate surface area is 429 Å². The molecule has 0 spiro atoms. The Bertz CT molecular complexity index is 3360. The molecule has 2 aromatic heterocycles. The zero-order valence-corrected chi connectivity index (χ0v) is 44.2. The number of aromatic nitrogens is 2. The van der Waals surface area contributed by atoms with Crippen LogP contribution in [0.4, 0.5) is 11.4 Å². The Hall–Kier alpha value is -6.68. The van der Waals surface area contributed by atoms with Crippen molar-refractivity contribution in [1.29, 1.82) is 0 Å². The molecule has 356 valence electrons. The Morgan fingerprint density at radius 3 is 1.77 bits per heavy atom. The fraction of sp³-hybridized carbons (Fsp3) is 0.219. The van der Waals surface area contributed by atoms with Crippen LogP contribution in [-0.4, -0.2) is 9.55 Å². The van der Waals surface area contributed by atoms with Crippen LogP contribution in [0.3, 0.4) is 0 Å². The van der Waals surface area contributed by atoms with Gasteiger partial charge in [-0.3, -0.25) is 0 Å². The summed E-state index contributed by atoms with van der Waals surface area (Å²) in [6.45, 7) is 24.8. The minimum Gasteiger partial charge on any atom is -0.509 e. The molecule has 10 rings (SSSR count). The number of benzene rings is 7. The van der Waals surface area contributed by atoms with Crippen LogP contribution >= 0.6 is 0 Å². The van der Waals surface area contributed by atoms with Crippen molar-refractivity contribution in [2.45, 2.75) is 90.9 Å². The summed E-state index contributed by atoms with van der Waals surface area (Å²) in [5.41, 5.74) is 12.7. The van der Waals surface area contributed by atoms with Gasteiger partial charge in [0.25, 0.3) is 0 Å². The van der Waals surface area contributed by atoms with Crippen LogP contribution in [0.5, 0.6) is 11.5 Å². The van der Waals surface area contributed by atoms with Crippen LogP contribution in [0, 0.1) is 18.8 Å². The van der Waals surface area contributed by atoms with Crippen LogP contribution in [0.1, 0.15) is 108 Å². The van der Waals surface area contributed by atoms with E-state index in [-0.39, 0.29) is 42.7 Å². The summed E-state index contributed by atoms with van der Waals surface area (Å²) in [4.78, 5) is 9.44. The number of hydrogen-bond acceptors (Lipinski definition) is 4. The molecule has 0 bridgehead atoms. The van der Waals surface area contributed by atoms with Crippen molar-refractivity contribution in [3.8, 4) is 17.3 Å². The standard InChI is InChI=1S/C64H61N4O.Pt/c1-61(2,3)47-29-32-57-56(38-47)55-31-30-53(41-58(55)68(57)60-39-48(33-34-65-60)62(4,5)6)69-54-37-50(64(9,10)46-25-18-13-19-26-46)36-52(40-54)66-42-59(44-21-14-11-15-22-44)67(43-66)51-28-20-27-49(35-51)63(7,8)45-23-16-12-17-24-45;/h11-39,42-43H,1-10H3;/q-3;. The van der Waals surface area contributed by atoms with E-state index in [1.165, 1.54) is 27.8 Å². The fourth-order valence-corrected chi connectivity index (χ4v) is 9.56. The van der Waals surface area contributed by atoms with E-state index >= 15 is 0 Å². The molecular formula is C64H61N4OPt-3. The number of hydrogen-bond donors (Lipinski definition) is 0. The molecule has 0 saturated heterocycles. The Morgan fingerprint density at radius 1 is 0.500 bits per heavy atom. The van der Waals surface area contributed by atoms with E-state index in [0.717, 1.165) is 55.8 Å². The zero-order valence-electron chi connectivity index (χ0n) is 41.9. The van der Waals surface area contributed by atoms with Gasteiger partial charge in [0.05, 0.1) is 0 Å². The van der Waals surface area contributed by atoms with Crippen LogP contribution in [-0.2, 0) is 42.7 Å². The molecule has 6 heteroatoms. The summed E-state index contributed by atoms with van der Waals surface area (Å²) in [6.07, 6.45) is 4.13. The van der Waals surface area contributed by atoms with Crippen molar-refractivity contribution in [3.05, 3.63) is 240 Å². The molecule has 0 aliphatic carbocycles. The van der Waals surface area contributed by atoms with Crippen molar-refractivity contribution < 1.29 is 25.8 Å². The molecule has 3 heterocycles. The van der Waals surface area contributed by atoms with Gasteiger partial charge in [-0.2, -0.15) is 6.07 Å². The van der Waals surface area contributed by atoms with Crippen LogP contribution in [0.25, 0.3) is 33.3 Å². The smallest absolute Gasteiger partial charge is 0.135 e. The van der Waals surface area contributed by atoms with E-state index in [4.69, 9.17) is 9.72 Å². The molecule has 0 N–H and O–H groups in total. The van der Waals surface area contributed by atoms with Gasteiger partial charge in [0.2, 0.25) is 0 Å². The predicted molar refractivity (Wildman–Crippen MR) is 287 cm³/mol. The van der Waals surface area contributed by atoms with Crippen LogP contribution in [0.15, 0.2) is 182 Å². The molecule has 0 radical (unpaired) electrons. The Kier molecular flexibility index (Phi) is 12.8. The summed E-state index contributed by atoms with van der Waals surface area (Å²) < 4.78 is 9.24. The monoisotopic (exact) mass is 1100 g/mol. The van der Waals surface area contributed by atoms with Gasteiger partial charge in [0.1, 0.15) is 5.82 Å². The third kappa shape index (κ3) is 9.25. The molecule has 7 aromatic carbocycles. The van der Waals surface area contributed by atoms with E-state index in [0.29, 0.717) is 11.5 Å². The van der Waals surface area contributed by atoms with E-state index < -0.39 is 0 Å². The van der Waals surface area contributed by atoms with Gasteiger partial charge in [-0.05, 0) is 91.5 Å². The predicted octanol–water partition coefficient (Wildman–Crippen LogP) is 16.3. The maximum atomic E-state index is 7.00. The molecule has 5 nitrogen and oxygen atoms in total. The van der Waals surface area contributed by atoms with Gasteiger partial charge >= 0.3 is 0 Å². The number of pyridine rings is 1. The van der Waals surface area contributed by atoms with E-state index in [1.54, 1.807) is 0 Å². The van der Waals surface area contributed by atoms with Crippen molar-refractivity contribution in [2.75, 3.05) is 9.80 Å². The first kappa shape index (κ1) is 48.3. The third-order valence-electron chi connectivity index (χ3n) is 14.1. The Balaban J connectivity index is 0.00000608. The van der Waals surface area contributed by atoms with Gasteiger partial charge in [0.15, 0.2) is 0 Å². The average molecular weight is 1100 g/mol. The minimum atomic E-state index is -0.374. The average Bonchev–Trinajstić information content (AvgIpc) is 3.94. The minimum absolute atomic E-state index is 0. The van der Waals surface area contributed by atoms with Gasteiger partial charge in [-0.25, -0.2) is 4.98 Å². The van der Waals surface area contributed by atoms with Crippen LogP contribution in [0.2, 0.25) is 0 Å². The molecule has 0 fully saturated rings. The van der Waals surface area contributed by atoms with Gasteiger partial charge in [0, 0.05) is 61.1 Å². The Morgan fingerprint density at radius 2 is 1.11 bits per heavy atom. The molecule has 70 heavy (non-hydrogen) atoms. The molecular weight excluding hydrogens is 1040 g/mol. The first-order valence-electron chi connectivity index (χ1n) is 24.1. The number of rotatable bonds is 10. The first-order chi connectivity index (χ1) is 32.9. The van der Waals surface area contributed by atoms with Crippen molar-refractivity contribution in [2.24, 2.45) is 0 Å². The topological polar surface area (TPSA) is 33.5 Å². The molecule has 0 saturated carbocycles. The van der Waals surface area contributed by atoms with Crippen molar-refractivity contribution in [1.82, 2.24) is 9.55 Å². The summed E-state index contributed by atoms with van der Waals surface area (Å²) in [5.74, 6) is 2.04. The molecule has 0 atom stereocenters. The molecule has 0 amide bonds. The summed E-state index contributed by atoms with van der Waals surface area (Å²) >= 11 is 0. The largest absolute Gasteiger partial charge is 0.509 e. The number of anilines is 2. The maximum Gasteiger partial charge on any atom is 0.135 e. The normalized spacial score (nSPS) is 13.4. The second-order valence-corrected chi connectivity index (χ2v) is 21.6. The first-order valence-corrected chi connectivity index (χ1v) is 24.1. The summed E-state index contributed by atoms with van der Waals surface area (Å²) in [7, 11) is 0. The zero-order chi connectivity index (χ0) is 48.3. The van der Waals surface area contributed by atoms with E-state index in [2.05, 4.69) is 272 Å².